The highest BCUT2D eigenvalue weighted by molar-refractivity contribution is 7.47. The van der Waals surface area contributed by atoms with Crippen LogP contribution in [0, 0.1) is 23.7 Å². The third-order valence-electron chi connectivity index (χ3n) is 16.1. The first-order chi connectivity index (χ1) is 42.6. The second kappa shape index (κ2) is 59.8. The Kier molecular flexibility index (Phi) is 58.5. The lowest BCUT2D eigenvalue weighted by Gasteiger charge is -2.21. The van der Waals surface area contributed by atoms with Crippen LogP contribution in [0.4, 0.5) is 0 Å². The third-order valence-corrected chi connectivity index (χ3v) is 18.0. The molecule has 0 heterocycles. The molecule has 0 radical (unpaired) electrons. The predicted octanol–water partition coefficient (Wildman–Crippen LogP) is 19.7. The minimum absolute atomic E-state index is 0.104. The summed E-state index contributed by atoms with van der Waals surface area (Å²) in [5, 5.41) is 10.6. The first-order valence-electron chi connectivity index (χ1n) is 36.2. The lowest BCUT2D eigenvalue weighted by molar-refractivity contribution is -0.161. The molecule has 0 saturated carbocycles. The van der Waals surface area contributed by atoms with Crippen molar-refractivity contribution < 1.29 is 80.2 Å². The topological polar surface area (TPSA) is 237 Å². The van der Waals surface area contributed by atoms with Crippen molar-refractivity contribution in [1.29, 1.82) is 0 Å². The van der Waals surface area contributed by atoms with Gasteiger partial charge in [-0.15, -0.1) is 0 Å². The van der Waals surface area contributed by atoms with Crippen molar-refractivity contribution in [2.45, 2.75) is 363 Å². The van der Waals surface area contributed by atoms with Gasteiger partial charge in [0.25, 0.3) is 0 Å². The number of aliphatic hydroxyl groups excluding tert-OH is 1. The molecular formula is C70H136O17P2. The minimum Gasteiger partial charge on any atom is -0.462 e. The van der Waals surface area contributed by atoms with Gasteiger partial charge in [-0.3, -0.25) is 37.3 Å². The smallest absolute Gasteiger partial charge is 0.462 e. The van der Waals surface area contributed by atoms with E-state index in [1.54, 1.807) is 0 Å². The summed E-state index contributed by atoms with van der Waals surface area (Å²) in [5.74, 6) is 0.811. The Hall–Kier alpha value is -1.94. The first-order valence-corrected chi connectivity index (χ1v) is 39.2. The number of carbonyl (C=O) groups is 4. The molecule has 0 aromatic carbocycles. The van der Waals surface area contributed by atoms with Crippen LogP contribution in [0.15, 0.2) is 0 Å². The van der Waals surface area contributed by atoms with Crippen molar-refractivity contribution in [2.75, 3.05) is 39.6 Å². The summed E-state index contributed by atoms with van der Waals surface area (Å²) in [7, 11) is -9.90. The third kappa shape index (κ3) is 64.6. The van der Waals surface area contributed by atoms with Crippen molar-refractivity contribution >= 4 is 39.5 Å². The van der Waals surface area contributed by atoms with E-state index in [9.17, 15) is 43.2 Å². The largest absolute Gasteiger partial charge is 0.472 e. The van der Waals surface area contributed by atoms with Gasteiger partial charge in [0, 0.05) is 25.7 Å². The summed E-state index contributed by atoms with van der Waals surface area (Å²) in [5.41, 5.74) is 0. The Morgan fingerprint density at radius 3 is 0.697 bits per heavy atom. The number of ether oxygens (including phenoxy) is 4. The van der Waals surface area contributed by atoms with Crippen LogP contribution in [0.25, 0.3) is 0 Å². The summed E-state index contributed by atoms with van der Waals surface area (Å²) < 4.78 is 68.2. The fourth-order valence-electron chi connectivity index (χ4n) is 10.5. The molecule has 0 aromatic rings. The highest BCUT2D eigenvalue weighted by Gasteiger charge is 2.30. The van der Waals surface area contributed by atoms with E-state index < -0.39 is 97.5 Å². The molecule has 0 rings (SSSR count). The number of rotatable bonds is 67. The molecule has 0 aliphatic heterocycles. The van der Waals surface area contributed by atoms with Crippen LogP contribution >= 0.6 is 15.6 Å². The zero-order valence-electron chi connectivity index (χ0n) is 58.1. The van der Waals surface area contributed by atoms with Gasteiger partial charge < -0.3 is 33.8 Å². The molecule has 2 unspecified atom stereocenters. The molecule has 0 saturated heterocycles. The molecule has 0 aliphatic rings. The molecule has 3 N–H and O–H groups in total. The zero-order valence-corrected chi connectivity index (χ0v) is 59.8. The summed E-state index contributed by atoms with van der Waals surface area (Å²) in [6.07, 6.45) is 41.9. The van der Waals surface area contributed by atoms with Crippen LogP contribution in [0.3, 0.4) is 0 Å². The summed E-state index contributed by atoms with van der Waals surface area (Å²) in [4.78, 5) is 72.5. The molecule has 17 nitrogen and oxygen atoms in total. The SMILES string of the molecule is CC(C)CCCCCCCCCCCCCCCC(=O)O[C@H](COC(=O)CCCCCCCCC(C)C)COP(=O)(O)OC[C@H](O)COP(=O)(O)OC[C@@H](COC(=O)CCCCCCCCCCCCC(C)C)OC(=O)CCCCCCCCCCC(C)C. The van der Waals surface area contributed by atoms with Gasteiger partial charge >= 0.3 is 39.5 Å². The Morgan fingerprint density at radius 1 is 0.281 bits per heavy atom. The summed E-state index contributed by atoms with van der Waals surface area (Å²) in [6, 6.07) is 0. The lowest BCUT2D eigenvalue weighted by Crippen LogP contribution is -2.30. The molecule has 0 amide bonds. The van der Waals surface area contributed by atoms with Gasteiger partial charge in [-0.2, -0.15) is 0 Å². The fraction of sp³-hybridized carbons (Fsp3) is 0.943. The van der Waals surface area contributed by atoms with Gasteiger partial charge in [0.15, 0.2) is 12.2 Å². The van der Waals surface area contributed by atoms with E-state index in [2.05, 4.69) is 55.4 Å². The number of hydrogen-bond acceptors (Lipinski definition) is 15. The van der Waals surface area contributed by atoms with E-state index in [0.717, 1.165) is 114 Å². The molecule has 0 spiro atoms. The second-order valence-corrected chi connectivity index (χ2v) is 30.1. The van der Waals surface area contributed by atoms with Crippen LogP contribution in [0.1, 0.15) is 344 Å². The standard InChI is InChI=1S/C70H136O17P2/c1-60(2)46-38-30-22-16-12-10-9-11-13-19-26-36-44-52-69(74)86-66(57-81-68(73)51-43-35-29-28-33-41-49-63(7)8)59-85-89(78,79)83-55-64(71)54-82-88(76,77)84-58-65(87-70(75)53-45-37-27-21-20-24-32-40-48-62(5)6)56-80-67(72)50-42-34-25-18-15-14-17-23-31-39-47-61(3)4/h60-66,71H,9-59H2,1-8H3,(H,76,77)(H,78,79)/t64-,65-,66-/m1/s1. The van der Waals surface area contributed by atoms with Crippen molar-refractivity contribution in [3.8, 4) is 0 Å². The summed E-state index contributed by atoms with van der Waals surface area (Å²) in [6.45, 7) is 14.0. The molecule has 528 valence electrons. The number of aliphatic hydroxyl groups is 1. The van der Waals surface area contributed by atoms with Crippen LogP contribution in [-0.4, -0.2) is 96.7 Å². The van der Waals surface area contributed by atoms with Gasteiger partial charge in [-0.25, -0.2) is 9.13 Å². The maximum Gasteiger partial charge on any atom is 0.472 e. The highest BCUT2D eigenvalue weighted by atomic mass is 31.2. The van der Waals surface area contributed by atoms with Crippen LogP contribution in [-0.2, 0) is 65.4 Å². The maximum absolute atomic E-state index is 13.0. The van der Waals surface area contributed by atoms with E-state index in [0.29, 0.717) is 31.6 Å². The molecular weight excluding hydrogens is 1170 g/mol. The van der Waals surface area contributed by atoms with Crippen LogP contribution in [0.2, 0.25) is 0 Å². The van der Waals surface area contributed by atoms with Crippen molar-refractivity contribution in [1.82, 2.24) is 0 Å². The molecule has 5 atom stereocenters. The maximum atomic E-state index is 13.0. The van der Waals surface area contributed by atoms with Crippen LogP contribution in [0.5, 0.6) is 0 Å². The molecule has 89 heavy (non-hydrogen) atoms. The van der Waals surface area contributed by atoms with Gasteiger partial charge in [0.05, 0.1) is 26.4 Å². The number of phosphoric ester groups is 2. The van der Waals surface area contributed by atoms with E-state index in [1.807, 2.05) is 0 Å². The number of carbonyl (C=O) groups excluding carboxylic acids is 4. The van der Waals surface area contributed by atoms with Gasteiger partial charge in [-0.1, -0.05) is 293 Å². The molecule has 19 heteroatoms. The van der Waals surface area contributed by atoms with Gasteiger partial charge in [0.2, 0.25) is 0 Å². The normalized spacial score (nSPS) is 14.3. The average Bonchev–Trinajstić information content (AvgIpc) is 3.69. The monoisotopic (exact) mass is 1310 g/mol. The quantitative estimate of drug-likeness (QED) is 0.0222. The van der Waals surface area contributed by atoms with Crippen molar-refractivity contribution in [3.05, 3.63) is 0 Å². The van der Waals surface area contributed by atoms with E-state index in [4.69, 9.17) is 37.0 Å². The molecule has 0 aromatic heterocycles. The number of phosphoric acid groups is 2. The highest BCUT2D eigenvalue weighted by Crippen LogP contribution is 2.45. The predicted molar refractivity (Wildman–Crippen MR) is 358 cm³/mol. The Morgan fingerprint density at radius 2 is 0.472 bits per heavy atom. The Bertz CT molecular complexity index is 1760. The molecule has 0 aliphatic carbocycles. The Labute approximate surface area is 543 Å². The van der Waals surface area contributed by atoms with Crippen LogP contribution < -0.4 is 0 Å². The molecule has 0 fully saturated rings. The lowest BCUT2D eigenvalue weighted by atomic mass is 10.0. The number of hydrogen-bond donors (Lipinski definition) is 3. The van der Waals surface area contributed by atoms with E-state index >= 15 is 0 Å². The molecule has 0 bridgehead atoms. The minimum atomic E-state index is -4.95. The number of unbranched alkanes of at least 4 members (excludes halogenated alkanes) is 33. The Balaban J connectivity index is 5.23. The van der Waals surface area contributed by atoms with Gasteiger partial charge in [-0.05, 0) is 49.4 Å². The fourth-order valence-corrected chi connectivity index (χ4v) is 12.1. The van der Waals surface area contributed by atoms with Crippen molar-refractivity contribution in [2.24, 2.45) is 23.7 Å². The second-order valence-electron chi connectivity index (χ2n) is 27.2. The van der Waals surface area contributed by atoms with Gasteiger partial charge in [0.1, 0.15) is 19.3 Å². The van der Waals surface area contributed by atoms with E-state index in [1.165, 1.54) is 141 Å². The average molecular weight is 1310 g/mol. The zero-order chi connectivity index (χ0) is 66.1. The summed E-state index contributed by atoms with van der Waals surface area (Å²) >= 11 is 0. The number of esters is 4. The first kappa shape index (κ1) is 87.1. The van der Waals surface area contributed by atoms with Crippen molar-refractivity contribution in [3.63, 3.8) is 0 Å². The van der Waals surface area contributed by atoms with E-state index in [-0.39, 0.29) is 25.7 Å².